The highest BCUT2D eigenvalue weighted by atomic mass is 16.5. The maximum Gasteiger partial charge on any atom is 0.251 e. The third kappa shape index (κ3) is 5.37. The van der Waals surface area contributed by atoms with E-state index in [-0.39, 0.29) is 11.8 Å². The van der Waals surface area contributed by atoms with Crippen molar-refractivity contribution in [3.8, 4) is 11.8 Å². The molecule has 1 fully saturated rings. The highest BCUT2D eigenvalue weighted by Gasteiger charge is 2.38. The Labute approximate surface area is 205 Å². The average Bonchev–Trinajstić information content (AvgIpc) is 3.44. The number of hydrogen-bond donors (Lipinski definition) is 3. The zero-order valence-corrected chi connectivity index (χ0v) is 20.3. The van der Waals surface area contributed by atoms with Crippen LogP contribution in [0, 0.1) is 17.8 Å². The highest BCUT2D eigenvalue weighted by Crippen LogP contribution is 2.23. The Bertz CT molecular complexity index is 1270. The van der Waals surface area contributed by atoms with E-state index in [1.165, 1.54) is 0 Å². The lowest BCUT2D eigenvalue weighted by Crippen LogP contribution is -2.45. The average molecular weight is 474 g/mol. The van der Waals surface area contributed by atoms with E-state index in [4.69, 9.17) is 10.2 Å². The van der Waals surface area contributed by atoms with E-state index in [0.717, 1.165) is 22.4 Å². The first kappa shape index (κ1) is 24.5. The molecule has 3 aromatic rings. The summed E-state index contributed by atoms with van der Waals surface area (Å²) in [6.07, 6.45) is 0. The first-order chi connectivity index (χ1) is 16.9. The lowest BCUT2D eigenvalue weighted by atomic mass is 10.0. The fraction of sp³-hybridized carbons (Fsp3) is 0.370. The normalized spacial score (nSPS) is 17.9. The van der Waals surface area contributed by atoms with Crippen LogP contribution in [0.25, 0.3) is 11.0 Å². The molecule has 2 amide bonds. The Morgan fingerprint density at radius 1 is 1.14 bits per heavy atom. The second kappa shape index (κ2) is 10.7. The zero-order valence-electron chi connectivity index (χ0n) is 20.3. The predicted octanol–water partition coefficient (Wildman–Crippen LogP) is 2.77. The minimum atomic E-state index is -0.550. The number of para-hydroxylation sites is 2. The number of carbonyl (C=O) groups excluding carboxylic acids is 2. The van der Waals surface area contributed by atoms with Gasteiger partial charge >= 0.3 is 0 Å². The summed E-state index contributed by atoms with van der Waals surface area (Å²) in [6.45, 7) is 8.10. The van der Waals surface area contributed by atoms with Gasteiger partial charge < -0.3 is 9.88 Å². The third-order valence-electron chi connectivity index (χ3n) is 6.40. The van der Waals surface area contributed by atoms with Gasteiger partial charge in [-0.1, -0.05) is 44.0 Å². The molecule has 1 aromatic heterocycles. The first-order valence-corrected chi connectivity index (χ1v) is 11.8. The molecule has 1 aliphatic rings. The van der Waals surface area contributed by atoms with Crippen LogP contribution in [0.4, 0.5) is 0 Å². The number of rotatable bonds is 7. The minimum Gasteiger partial charge on any atom is -0.347 e. The second-order valence-electron chi connectivity index (χ2n) is 9.18. The topological polar surface area (TPSA) is 99.5 Å². The fourth-order valence-corrected chi connectivity index (χ4v) is 4.60. The largest absolute Gasteiger partial charge is 0.347 e. The van der Waals surface area contributed by atoms with Gasteiger partial charge in [-0.3, -0.25) is 19.7 Å². The molecule has 3 N–H and O–H groups in total. The fourth-order valence-electron chi connectivity index (χ4n) is 4.60. The molecule has 0 radical (unpaired) electrons. The molecule has 0 bridgehead atoms. The maximum atomic E-state index is 13.0. The number of benzene rings is 2. The zero-order chi connectivity index (χ0) is 24.9. The number of aromatic nitrogens is 2. The second-order valence-corrected chi connectivity index (χ2v) is 9.18. The smallest absolute Gasteiger partial charge is 0.251 e. The summed E-state index contributed by atoms with van der Waals surface area (Å²) in [5.74, 6) is 5.82. The number of amides is 2. The molecule has 2 aromatic carbocycles. The number of hydroxylamine groups is 1. The van der Waals surface area contributed by atoms with Crippen molar-refractivity contribution in [1.82, 2.24) is 25.2 Å². The number of hydrogen-bond acceptors (Lipinski definition) is 5. The van der Waals surface area contributed by atoms with Crippen LogP contribution in [0.15, 0.2) is 48.5 Å². The van der Waals surface area contributed by atoms with Crippen LogP contribution < -0.4 is 10.8 Å². The molecule has 1 saturated heterocycles. The van der Waals surface area contributed by atoms with E-state index in [0.29, 0.717) is 31.7 Å². The summed E-state index contributed by atoms with van der Waals surface area (Å²) in [5.41, 5.74) is 5.36. The Morgan fingerprint density at radius 2 is 1.89 bits per heavy atom. The number of fused-ring (bicyclic) bond motifs is 1. The van der Waals surface area contributed by atoms with Crippen LogP contribution in [0.1, 0.15) is 48.4 Å². The van der Waals surface area contributed by atoms with Crippen LogP contribution in [-0.4, -0.2) is 57.1 Å². The van der Waals surface area contributed by atoms with Gasteiger partial charge in [-0.2, -0.15) is 0 Å². The van der Waals surface area contributed by atoms with E-state index in [9.17, 15) is 9.59 Å². The van der Waals surface area contributed by atoms with Gasteiger partial charge in [-0.15, -0.1) is 5.92 Å². The van der Waals surface area contributed by atoms with E-state index in [2.05, 4.69) is 41.6 Å². The predicted molar refractivity (Wildman–Crippen MR) is 134 cm³/mol. The van der Waals surface area contributed by atoms with Gasteiger partial charge in [0.1, 0.15) is 5.82 Å². The number of imidazole rings is 1. The number of nitrogens with one attached hydrogen (secondary N) is 2. The number of nitrogens with zero attached hydrogens (tertiary/aromatic N) is 3. The molecule has 0 saturated carbocycles. The molecule has 8 heteroatoms. The molecule has 0 unspecified atom stereocenters. The highest BCUT2D eigenvalue weighted by molar-refractivity contribution is 5.95. The van der Waals surface area contributed by atoms with E-state index in [1.54, 1.807) is 24.5 Å². The van der Waals surface area contributed by atoms with Crippen LogP contribution in [0.5, 0.6) is 0 Å². The van der Waals surface area contributed by atoms with Gasteiger partial charge in [-0.05, 0) is 36.8 Å². The van der Waals surface area contributed by atoms with Crippen molar-refractivity contribution in [2.24, 2.45) is 5.92 Å². The van der Waals surface area contributed by atoms with Gasteiger partial charge in [0, 0.05) is 31.1 Å². The lowest BCUT2D eigenvalue weighted by Gasteiger charge is -2.18. The van der Waals surface area contributed by atoms with Crippen molar-refractivity contribution in [3.63, 3.8) is 0 Å². The summed E-state index contributed by atoms with van der Waals surface area (Å²) in [6, 6.07) is 15.2. The first-order valence-electron chi connectivity index (χ1n) is 11.8. The molecule has 0 aliphatic carbocycles. The molecule has 2 atom stereocenters. The molecule has 1 aliphatic heterocycles. The molecular weight excluding hydrogens is 442 g/mol. The molecule has 2 heterocycles. The minimum absolute atomic E-state index is 0.253. The van der Waals surface area contributed by atoms with Crippen LogP contribution in [0.2, 0.25) is 0 Å². The van der Waals surface area contributed by atoms with Gasteiger partial charge in [0.05, 0.1) is 29.5 Å². The molecule has 35 heavy (non-hydrogen) atoms. The summed E-state index contributed by atoms with van der Waals surface area (Å²) >= 11 is 0. The Morgan fingerprint density at radius 3 is 2.57 bits per heavy atom. The quantitative estimate of drug-likeness (QED) is 0.278. The van der Waals surface area contributed by atoms with Gasteiger partial charge in [0.15, 0.2) is 0 Å². The van der Waals surface area contributed by atoms with Crippen molar-refractivity contribution in [2.75, 3.05) is 19.6 Å². The van der Waals surface area contributed by atoms with Crippen molar-refractivity contribution in [2.45, 2.75) is 39.3 Å². The van der Waals surface area contributed by atoms with E-state index < -0.39 is 17.9 Å². The number of carbonyl (C=O) groups is 2. The Hall–Kier alpha value is -3.67. The lowest BCUT2D eigenvalue weighted by molar-refractivity contribution is -0.133. The Kier molecular flexibility index (Phi) is 7.49. The summed E-state index contributed by atoms with van der Waals surface area (Å²) in [5, 5.41) is 12.1. The Balaban J connectivity index is 1.47. The van der Waals surface area contributed by atoms with Crippen molar-refractivity contribution in [1.29, 1.82) is 0 Å². The van der Waals surface area contributed by atoms with Crippen LogP contribution >= 0.6 is 0 Å². The van der Waals surface area contributed by atoms with Crippen molar-refractivity contribution in [3.05, 3.63) is 65.5 Å². The summed E-state index contributed by atoms with van der Waals surface area (Å²) in [4.78, 5) is 31.9. The summed E-state index contributed by atoms with van der Waals surface area (Å²) < 4.78 is 2.22. The number of likely N-dealkylation sites (tertiary alicyclic amines) is 1. The van der Waals surface area contributed by atoms with Gasteiger partial charge in [0.2, 0.25) is 5.91 Å². The van der Waals surface area contributed by atoms with E-state index in [1.807, 2.05) is 35.2 Å². The van der Waals surface area contributed by atoms with E-state index >= 15 is 0 Å². The van der Waals surface area contributed by atoms with Crippen LogP contribution in [-0.2, 0) is 11.3 Å². The van der Waals surface area contributed by atoms with Crippen molar-refractivity contribution >= 4 is 22.8 Å². The molecule has 182 valence electrons. The molecule has 8 nitrogen and oxygen atoms in total. The SMILES string of the molecule is CC#CCN1C[C@H](C(=O)NO)[C@H](NC(=O)c2ccc(Cn3c(C(C)C)nc4ccccc43)cc2)C1. The van der Waals surface area contributed by atoms with Crippen molar-refractivity contribution < 1.29 is 14.8 Å². The van der Waals surface area contributed by atoms with Crippen LogP contribution in [0.3, 0.4) is 0 Å². The molecule has 0 spiro atoms. The third-order valence-corrected chi connectivity index (χ3v) is 6.40. The standard InChI is InChI=1S/C27H31N5O3/c1-4-5-14-31-16-21(27(34)30-35)23(17-31)29-26(33)20-12-10-19(11-13-20)15-32-24-9-7-6-8-22(24)28-25(32)18(2)3/h6-13,18,21,23,35H,14-17H2,1-3H3,(H,29,33)(H,30,34)/t21-,23+/m0/s1. The van der Waals surface area contributed by atoms with Gasteiger partial charge in [-0.25, -0.2) is 10.5 Å². The molecule has 4 rings (SSSR count). The van der Waals surface area contributed by atoms with Gasteiger partial charge in [0.25, 0.3) is 5.91 Å². The maximum absolute atomic E-state index is 13.0. The monoisotopic (exact) mass is 473 g/mol. The molecular formula is C27H31N5O3. The summed E-state index contributed by atoms with van der Waals surface area (Å²) in [7, 11) is 0.